The molecule has 2 aromatic rings. The largest absolute Gasteiger partial charge is 0.444 e. The summed E-state index contributed by atoms with van der Waals surface area (Å²) in [6.45, 7) is 11.0. The Labute approximate surface area is 174 Å². The lowest BCUT2D eigenvalue weighted by Crippen LogP contribution is -2.38. The molecule has 0 bridgehead atoms. The van der Waals surface area contributed by atoms with E-state index in [2.05, 4.69) is 60.4 Å². The molecule has 2 rings (SSSR count). The van der Waals surface area contributed by atoms with Crippen LogP contribution in [0.4, 0.5) is 0 Å². The van der Waals surface area contributed by atoms with Crippen molar-refractivity contribution in [3.63, 3.8) is 0 Å². The van der Waals surface area contributed by atoms with Gasteiger partial charge in [-0.3, -0.25) is 4.99 Å². The van der Waals surface area contributed by atoms with Crippen LogP contribution in [0.25, 0.3) is 11.5 Å². The van der Waals surface area contributed by atoms with Gasteiger partial charge in [-0.2, -0.15) is 0 Å². The number of halogens is 1. The molecule has 0 fully saturated rings. The van der Waals surface area contributed by atoms with Gasteiger partial charge in [0, 0.05) is 31.6 Å². The van der Waals surface area contributed by atoms with E-state index in [0.29, 0.717) is 11.8 Å². The second kappa shape index (κ2) is 11.9. The number of aliphatic imine (C=N–C) groups is 1. The average molecular weight is 470 g/mol. The van der Waals surface area contributed by atoms with Crippen LogP contribution in [0.2, 0.25) is 0 Å². The van der Waals surface area contributed by atoms with Crippen LogP contribution in [-0.4, -0.2) is 30.6 Å². The lowest BCUT2D eigenvalue weighted by Gasteiger charge is -2.11. The molecule has 0 aliphatic carbocycles. The molecule has 5 nitrogen and oxygen atoms in total. The molecule has 0 saturated carbocycles. The van der Waals surface area contributed by atoms with Gasteiger partial charge in [0.1, 0.15) is 6.26 Å². The summed E-state index contributed by atoms with van der Waals surface area (Å²) < 4.78 is 5.60. The fraction of sp³-hybridized carbons (Fsp3) is 0.500. The predicted molar refractivity (Wildman–Crippen MR) is 119 cm³/mol. The highest BCUT2D eigenvalue weighted by Gasteiger charge is 2.07. The molecule has 1 aromatic heterocycles. The van der Waals surface area contributed by atoms with Crippen molar-refractivity contribution in [2.45, 2.75) is 40.5 Å². The van der Waals surface area contributed by atoms with E-state index in [0.717, 1.165) is 49.7 Å². The van der Waals surface area contributed by atoms with Gasteiger partial charge in [0.2, 0.25) is 5.89 Å². The normalized spacial score (nSPS) is 11.3. The first kappa shape index (κ1) is 22.5. The number of aromatic nitrogens is 1. The van der Waals surface area contributed by atoms with E-state index < -0.39 is 0 Å². The molecule has 0 amide bonds. The van der Waals surface area contributed by atoms with Crippen molar-refractivity contribution in [2.24, 2.45) is 10.9 Å². The molecule has 0 unspecified atom stereocenters. The van der Waals surface area contributed by atoms with E-state index in [-0.39, 0.29) is 24.0 Å². The Balaban J connectivity index is 0.00000338. The number of aryl methyl sites for hydroxylation is 1. The molecule has 0 saturated heterocycles. The van der Waals surface area contributed by atoms with Crippen LogP contribution in [0.5, 0.6) is 0 Å². The van der Waals surface area contributed by atoms with Gasteiger partial charge in [0.15, 0.2) is 5.96 Å². The Hall–Kier alpha value is -1.57. The summed E-state index contributed by atoms with van der Waals surface area (Å²) in [7, 11) is 0. The maximum Gasteiger partial charge on any atom is 0.226 e. The van der Waals surface area contributed by atoms with Crippen molar-refractivity contribution < 1.29 is 4.42 Å². The minimum Gasteiger partial charge on any atom is -0.444 e. The van der Waals surface area contributed by atoms with Gasteiger partial charge < -0.3 is 15.1 Å². The third kappa shape index (κ3) is 7.76. The molecule has 6 heteroatoms. The van der Waals surface area contributed by atoms with Crippen LogP contribution in [-0.2, 0) is 6.42 Å². The molecule has 144 valence electrons. The van der Waals surface area contributed by atoms with Crippen LogP contribution in [0.3, 0.4) is 0 Å². The molecule has 1 aromatic carbocycles. The van der Waals surface area contributed by atoms with E-state index in [4.69, 9.17) is 4.42 Å². The molecule has 0 atom stereocenters. The molecule has 0 radical (unpaired) electrons. The van der Waals surface area contributed by atoms with Gasteiger partial charge in [-0.25, -0.2) is 4.98 Å². The molecular weight excluding hydrogens is 439 g/mol. The molecule has 0 spiro atoms. The van der Waals surface area contributed by atoms with Crippen LogP contribution in [0.15, 0.2) is 39.9 Å². The highest BCUT2D eigenvalue weighted by Crippen LogP contribution is 2.19. The van der Waals surface area contributed by atoms with Crippen molar-refractivity contribution in [1.82, 2.24) is 15.6 Å². The number of nitrogens with one attached hydrogen (secondary N) is 2. The second-order valence-corrected chi connectivity index (χ2v) is 6.63. The van der Waals surface area contributed by atoms with Crippen molar-refractivity contribution >= 4 is 29.9 Å². The quantitative estimate of drug-likeness (QED) is 0.341. The van der Waals surface area contributed by atoms with E-state index in [1.165, 1.54) is 5.56 Å². The van der Waals surface area contributed by atoms with Crippen molar-refractivity contribution in [2.75, 3.05) is 19.6 Å². The number of nitrogens with zero attached hydrogens (tertiary/aromatic N) is 2. The van der Waals surface area contributed by atoms with Crippen molar-refractivity contribution in [1.29, 1.82) is 0 Å². The molecule has 2 N–H and O–H groups in total. The molecular formula is C20H31IN4O. The second-order valence-electron chi connectivity index (χ2n) is 6.63. The highest BCUT2D eigenvalue weighted by atomic mass is 127. The zero-order chi connectivity index (χ0) is 18.1. The Kier molecular flexibility index (Phi) is 10.3. The lowest BCUT2D eigenvalue weighted by molar-refractivity contribution is 0.572. The summed E-state index contributed by atoms with van der Waals surface area (Å²) in [5.74, 6) is 2.21. The third-order valence-electron chi connectivity index (χ3n) is 3.84. The Morgan fingerprint density at radius 3 is 2.58 bits per heavy atom. The number of oxazole rings is 1. The van der Waals surface area contributed by atoms with Crippen molar-refractivity contribution in [3.8, 4) is 11.5 Å². The number of guanidine groups is 1. The third-order valence-corrected chi connectivity index (χ3v) is 3.84. The smallest absolute Gasteiger partial charge is 0.226 e. The van der Waals surface area contributed by atoms with Gasteiger partial charge in [-0.15, -0.1) is 24.0 Å². The molecule has 0 aliphatic heterocycles. The average Bonchev–Trinajstić information content (AvgIpc) is 3.04. The SMILES string of the molecule is CCNC(=NCCC(C)C)NCCc1coc(-c2ccc(C)cc2)n1.I. The topological polar surface area (TPSA) is 62.5 Å². The van der Waals surface area contributed by atoms with E-state index >= 15 is 0 Å². The molecule has 26 heavy (non-hydrogen) atoms. The summed E-state index contributed by atoms with van der Waals surface area (Å²) in [6, 6.07) is 8.20. The summed E-state index contributed by atoms with van der Waals surface area (Å²) in [6.07, 6.45) is 3.63. The monoisotopic (exact) mass is 470 g/mol. The van der Waals surface area contributed by atoms with E-state index in [1.54, 1.807) is 6.26 Å². The van der Waals surface area contributed by atoms with Crippen LogP contribution in [0, 0.1) is 12.8 Å². The molecule has 0 aliphatic rings. The molecule has 1 heterocycles. The zero-order valence-corrected chi connectivity index (χ0v) is 18.5. The Morgan fingerprint density at radius 2 is 1.92 bits per heavy atom. The first-order chi connectivity index (χ1) is 12.1. The maximum absolute atomic E-state index is 5.60. The predicted octanol–water partition coefficient (Wildman–Crippen LogP) is 4.41. The zero-order valence-electron chi connectivity index (χ0n) is 16.2. The lowest BCUT2D eigenvalue weighted by atomic mass is 10.1. The minimum atomic E-state index is 0. The Bertz CT molecular complexity index is 665. The summed E-state index contributed by atoms with van der Waals surface area (Å²) in [4.78, 5) is 9.17. The van der Waals surface area contributed by atoms with E-state index in [9.17, 15) is 0 Å². The number of benzene rings is 1. The number of hydrogen-bond acceptors (Lipinski definition) is 3. The van der Waals surface area contributed by atoms with Crippen LogP contribution in [0.1, 0.15) is 38.4 Å². The first-order valence-electron chi connectivity index (χ1n) is 9.12. The van der Waals surface area contributed by atoms with Crippen molar-refractivity contribution in [3.05, 3.63) is 41.8 Å². The summed E-state index contributed by atoms with van der Waals surface area (Å²) in [5.41, 5.74) is 3.18. The van der Waals surface area contributed by atoms with Gasteiger partial charge in [-0.1, -0.05) is 31.5 Å². The summed E-state index contributed by atoms with van der Waals surface area (Å²) >= 11 is 0. The van der Waals surface area contributed by atoms with Crippen LogP contribution < -0.4 is 10.6 Å². The van der Waals surface area contributed by atoms with Gasteiger partial charge in [0.25, 0.3) is 0 Å². The Morgan fingerprint density at radius 1 is 1.19 bits per heavy atom. The van der Waals surface area contributed by atoms with Gasteiger partial charge in [-0.05, 0) is 38.3 Å². The fourth-order valence-electron chi connectivity index (χ4n) is 2.34. The van der Waals surface area contributed by atoms with E-state index in [1.807, 2.05) is 12.1 Å². The standard InChI is InChI=1S/C20H30N4O.HI/c1-5-21-20(22-12-10-15(2)3)23-13-11-18-14-25-19(24-18)17-8-6-16(4)7-9-17;/h6-9,14-15H,5,10-13H2,1-4H3,(H2,21,22,23);1H. The minimum absolute atomic E-state index is 0. The van der Waals surface area contributed by atoms with Crippen LogP contribution >= 0.6 is 24.0 Å². The van der Waals surface area contributed by atoms with Gasteiger partial charge >= 0.3 is 0 Å². The number of rotatable bonds is 8. The first-order valence-corrected chi connectivity index (χ1v) is 9.12. The highest BCUT2D eigenvalue weighted by molar-refractivity contribution is 14.0. The summed E-state index contributed by atoms with van der Waals surface area (Å²) in [5, 5.41) is 6.63. The fourth-order valence-corrected chi connectivity index (χ4v) is 2.34. The van der Waals surface area contributed by atoms with Gasteiger partial charge in [0.05, 0.1) is 5.69 Å². The number of hydrogen-bond donors (Lipinski definition) is 2. The maximum atomic E-state index is 5.60.